The van der Waals surface area contributed by atoms with Crippen LogP contribution in [0.15, 0.2) is 47.3 Å². The van der Waals surface area contributed by atoms with Gasteiger partial charge in [0.2, 0.25) is 5.91 Å². The molecule has 1 amide bonds. The molecular formula is C23H30N4O2. The molecule has 2 fully saturated rings. The molecule has 6 nitrogen and oxygen atoms in total. The first-order chi connectivity index (χ1) is 14.1. The molecule has 0 bridgehead atoms. The minimum absolute atomic E-state index is 0.000447. The van der Waals surface area contributed by atoms with Gasteiger partial charge >= 0.3 is 0 Å². The van der Waals surface area contributed by atoms with Crippen molar-refractivity contribution in [3.63, 3.8) is 0 Å². The number of hydrogen-bond donors (Lipinski definition) is 0. The second-order valence-electron chi connectivity index (χ2n) is 8.41. The van der Waals surface area contributed by atoms with Crippen molar-refractivity contribution in [1.82, 2.24) is 19.6 Å². The maximum absolute atomic E-state index is 12.8. The summed E-state index contributed by atoms with van der Waals surface area (Å²) >= 11 is 0. The number of benzene rings is 1. The molecule has 2 aromatic rings. The molecule has 1 aliphatic heterocycles. The standard InChI is InChI=1S/C23H30N4O2/c1-18-7-9-20(10-8-18)25-13-15-26(16-14-25)23(29)17-27-22(28)12-11-21(24-27)19-5-3-2-4-6-19/h2-6,11-12,18,20H,7-10,13-17H2,1H3. The van der Waals surface area contributed by atoms with Gasteiger partial charge in [-0.1, -0.05) is 37.3 Å². The predicted octanol–water partition coefficient (Wildman–Crippen LogP) is 2.63. The van der Waals surface area contributed by atoms with Gasteiger partial charge in [-0.05, 0) is 37.7 Å². The SMILES string of the molecule is CC1CCC(N2CCN(C(=O)Cn3nc(-c4ccccc4)ccc3=O)CC2)CC1. The quantitative estimate of drug-likeness (QED) is 0.800. The van der Waals surface area contributed by atoms with Crippen LogP contribution < -0.4 is 5.56 Å². The molecule has 6 heteroatoms. The van der Waals surface area contributed by atoms with Crippen LogP contribution in [-0.4, -0.2) is 57.7 Å². The molecule has 154 valence electrons. The fraction of sp³-hybridized carbons (Fsp3) is 0.522. The first kappa shape index (κ1) is 19.8. The number of piperazine rings is 1. The Morgan fingerprint density at radius 2 is 1.66 bits per heavy atom. The molecule has 2 aliphatic rings. The van der Waals surface area contributed by atoms with Gasteiger partial charge in [-0.2, -0.15) is 5.10 Å². The summed E-state index contributed by atoms with van der Waals surface area (Å²) in [5.74, 6) is 0.827. The van der Waals surface area contributed by atoms with Crippen LogP contribution in [0.25, 0.3) is 11.3 Å². The molecule has 1 saturated carbocycles. The van der Waals surface area contributed by atoms with Gasteiger partial charge in [-0.15, -0.1) is 0 Å². The maximum Gasteiger partial charge on any atom is 0.267 e. The Hall–Kier alpha value is -2.47. The van der Waals surface area contributed by atoms with Gasteiger partial charge in [0.15, 0.2) is 0 Å². The molecule has 0 atom stereocenters. The lowest BCUT2D eigenvalue weighted by Crippen LogP contribution is -2.53. The van der Waals surface area contributed by atoms with Gasteiger partial charge < -0.3 is 4.90 Å². The molecule has 0 spiro atoms. The topological polar surface area (TPSA) is 58.4 Å². The predicted molar refractivity (Wildman–Crippen MR) is 114 cm³/mol. The summed E-state index contributed by atoms with van der Waals surface area (Å²) < 4.78 is 1.29. The van der Waals surface area contributed by atoms with Crippen LogP contribution in [-0.2, 0) is 11.3 Å². The Bertz CT molecular complexity index is 879. The third kappa shape index (κ3) is 4.75. The second-order valence-corrected chi connectivity index (χ2v) is 8.41. The average Bonchev–Trinajstić information content (AvgIpc) is 2.76. The fourth-order valence-electron chi connectivity index (χ4n) is 4.50. The molecule has 1 aromatic heterocycles. The second kappa shape index (κ2) is 8.91. The zero-order chi connectivity index (χ0) is 20.2. The lowest BCUT2D eigenvalue weighted by atomic mass is 9.86. The van der Waals surface area contributed by atoms with E-state index in [9.17, 15) is 9.59 Å². The molecular weight excluding hydrogens is 364 g/mol. The number of amides is 1. The number of carbonyl (C=O) groups excluding carboxylic acids is 1. The summed E-state index contributed by atoms with van der Waals surface area (Å²) in [6.45, 7) is 5.67. The number of carbonyl (C=O) groups is 1. The van der Waals surface area contributed by atoms with E-state index in [1.54, 1.807) is 6.07 Å². The van der Waals surface area contributed by atoms with Crippen molar-refractivity contribution in [2.24, 2.45) is 5.92 Å². The zero-order valence-electron chi connectivity index (χ0n) is 17.2. The summed E-state index contributed by atoms with van der Waals surface area (Å²) in [5.41, 5.74) is 1.39. The van der Waals surface area contributed by atoms with Gasteiger partial charge in [-0.25, -0.2) is 4.68 Å². The van der Waals surface area contributed by atoms with Gasteiger partial charge in [0.1, 0.15) is 6.54 Å². The number of nitrogens with zero attached hydrogens (tertiary/aromatic N) is 4. The highest BCUT2D eigenvalue weighted by atomic mass is 16.2. The summed E-state index contributed by atoms with van der Waals surface area (Å²) in [7, 11) is 0. The first-order valence-electron chi connectivity index (χ1n) is 10.8. The minimum Gasteiger partial charge on any atom is -0.339 e. The Morgan fingerprint density at radius 1 is 0.966 bits per heavy atom. The molecule has 1 saturated heterocycles. The van der Waals surface area contributed by atoms with E-state index in [-0.39, 0.29) is 18.0 Å². The van der Waals surface area contributed by atoms with Crippen molar-refractivity contribution in [2.45, 2.75) is 45.2 Å². The minimum atomic E-state index is -0.243. The van der Waals surface area contributed by atoms with E-state index in [0.29, 0.717) is 11.7 Å². The summed E-state index contributed by atoms with van der Waals surface area (Å²) in [5, 5.41) is 4.42. The highest BCUT2D eigenvalue weighted by Gasteiger charge is 2.28. The van der Waals surface area contributed by atoms with E-state index in [0.717, 1.165) is 37.7 Å². The van der Waals surface area contributed by atoms with E-state index < -0.39 is 0 Å². The molecule has 29 heavy (non-hydrogen) atoms. The molecule has 4 rings (SSSR count). The third-order valence-electron chi connectivity index (χ3n) is 6.39. The molecule has 1 aliphatic carbocycles. The van der Waals surface area contributed by atoms with Gasteiger partial charge in [0, 0.05) is 43.9 Å². The largest absolute Gasteiger partial charge is 0.339 e. The summed E-state index contributed by atoms with van der Waals surface area (Å²) in [6.07, 6.45) is 5.19. The lowest BCUT2D eigenvalue weighted by Gasteiger charge is -2.41. The van der Waals surface area contributed by atoms with Gasteiger partial charge in [0.25, 0.3) is 5.56 Å². The van der Waals surface area contributed by atoms with Crippen LogP contribution in [0.2, 0.25) is 0 Å². The van der Waals surface area contributed by atoms with Crippen molar-refractivity contribution < 1.29 is 4.79 Å². The van der Waals surface area contributed by atoms with E-state index >= 15 is 0 Å². The normalized spacial score (nSPS) is 23.1. The van der Waals surface area contributed by atoms with Crippen molar-refractivity contribution in [2.75, 3.05) is 26.2 Å². The molecule has 1 aromatic carbocycles. The van der Waals surface area contributed by atoms with Crippen LogP contribution in [0.5, 0.6) is 0 Å². The molecule has 2 heterocycles. The highest BCUT2D eigenvalue weighted by Crippen LogP contribution is 2.27. The third-order valence-corrected chi connectivity index (χ3v) is 6.39. The molecule has 0 N–H and O–H groups in total. The van der Waals surface area contributed by atoms with Crippen molar-refractivity contribution in [1.29, 1.82) is 0 Å². The van der Waals surface area contributed by atoms with Crippen LogP contribution in [0.1, 0.15) is 32.6 Å². The van der Waals surface area contributed by atoms with Crippen LogP contribution >= 0.6 is 0 Å². The van der Waals surface area contributed by atoms with E-state index in [4.69, 9.17) is 0 Å². The Labute approximate surface area is 172 Å². The van der Waals surface area contributed by atoms with Gasteiger partial charge in [0.05, 0.1) is 5.69 Å². The van der Waals surface area contributed by atoms with Crippen LogP contribution in [0, 0.1) is 5.92 Å². The summed E-state index contributed by atoms with van der Waals surface area (Å²) in [4.78, 5) is 29.5. The fourth-order valence-corrected chi connectivity index (χ4v) is 4.50. The number of aromatic nitrogens is 2. The monoisotopic (exact) mass is 394 g/mol. The van der Waals surface area contributed by atoms with E-state index in [1.807, 2.05) is 35.2 Å². The van der Waals surface area contributed by atoms with Gasteiger partial charge in [-0.3, -0.25) is 14.5 Å². The average molecular weight is 395 g/mol. The van der Waals surface area contributed by atoms with Crippen molar-refractivity contribution in [3.05, 3.63) is 52.8 Å². The maximum atomic E-state index is 12.8. The van der Waals surface area contributed by atoms with E-state index in [1.165, 1.54) is 36.4 Å². The highest BCUT2D eigenvalue weighted by molar-refractivity contribution is 5.76. The first-order valence-corrected chi connectivity index (χ1v) is 10.8. The van der Waals surface area contributed by atoms with Crippen LogP contribution in [0.4, 0.5) is 0 Å². The number of hydrogen-bond acceptors (Lipinski definition) is 4. The van der Waals surface area contributed by atoms with Crippen molar-refractivity contribution in [3.8, 4) is 11.3 Å². The molecule has 0 unspecified atom stereocenters. The Kier molecular flexibility index (Phi) is 6.09. The Balaban J connectivity index is 1.36. The van der Waals surface area contributed by atoms with E-state index in [2.05, 4.69) is 16.9 Å². The summed E-state index contributed by atoms with van der Waals surface area (Å²) in [6, 6.07) is 13.6. The van der Waals surface area contributed by atoms with Crippen molar-refractivity contribution >= 4 is 5.91 Å². The zero-order valence-corrected chi connectivity index (χ0v) is 17.2. The number of rotatable bonds is 4. The Morgan fingerprint density at radius 3 is 2.34 bits per heavy atom. The molecule has 0 radical (unpaired) electrons. The van der Waals surface area contributed by atoms with Crippen LogP contribution in [0.3, 0.4) is 0 Å². The lowest BCUT2D eigenvalue weighted by molar-refractivity contribution is -0.134. The smallest absolute Gasteiger partial charge is 0.267 e.